The van der Waals surface area contributed by atoms with Crippen molar-refractivity contribution in [3.8, 4) is 22.6 Å². The second-order valence-corrected chi connectivity index (χ2v) is 11.0. The molecule has 0 amide bonds. The average molecular weight is 542 g/mol. The van der Waals surface area contributed by atoms with Crippen LogP contribution in [-0.4, -0.2) is 53.7 Å². The molecule has 6 rings (SSSR count). The Labute approximate surface area is 233 Å². The summed E-state index contributed by atoms with van der Waals surface area (Å²) in [5.41, 5.74) is 4.52. The number of carboxylic acid groups (broad SMARTS) is 1. The number of aromatic nitrogens is 5. The highest BCUT2D eigenvalue weighted by Crippen LogP contribution is 2.55. The van der Waals surface area contributed by atoms with Gasteiger partial charge in [0, 0.05) is 18.0 Å². The highest BCUT2D eigenvalue weighted by atomic mass is 16.5. The van der Waals surface area contributed by atoms with Crippen LogP contribution in [0.2, 0.25) is 0 Å². The molecule has 4 aromatic rings. The Morgan fingerprint density at radius 1 is 1.07 bits per heavy atom. The molecule has 2 aromatic carbocycles. The van der Waals surface area contributed by atoms with E-state index >= 15 is 0 Å². The van der Waals surface area contributed by atoms with Gasteiger partial charge in [0.2, 0.25) is 0 Å². The summed E-state index contributed by atoms with van der Waals surface area (Å²) in [6.45, 7) is 2.54. The summed E-state index contributed by atoms with van der Waals surface area (Å²) in [6, 6.07) is 16.2. The minimum absolute atomic E-state index is 0.0161. The summed E-state index contributed by atoms with van der Waals surface area (Å²) in [7, 11) is 0. The smallest absolute Gasteiger partial charge is 0.339 e. The van der Waals surface area contributed by atoms with Crippen molar-refractivity contribution in [3.63, 3.8) is 0 Å². The first-order valence-corrected chi connectivity index (χ1v) is 14.2. The number of ether oxygens (including phenoxy) is 1. The second kappa shape index (κ2) is 11.3. The molecule has 0 spiro atoms. The fourth-order valence-corrected chi connectivity index (χ4v) is 6.08. The first-order valence-electron chi connectivity index (χ1n) is 14.2. The third kappa shape index (κ3) is 5.38. The van der Waals surface area contributed by atoms with E-state index < -0.39 is 5.97 Å². The van der Waals surface area contributed by atoms with Crippen molar-refractivity contribution in [3.05, 3.63) is 77.9 Å². The second-order valence-electron chi connectivity index (χ2n) is 11.0. The highest BCUT2D eigenvalue weighted by molar-refractivity contribution is 5.89. The van der Waals surface area contributed by atoms with Crippen LogP contribution in [0, 0.1) is 5.92 Å². The molecule has 2 fully saturated rings. The van der Waals surface area contributed by atoms with Gasteiger partial charge in [0.1, 0.15) is 11.3 Å². The Kier molecular flexibility index (Phi) is 7.38. The van der Waals surface area contributed by atoms with Crippen molar-refractivity contribution < 1.29 is 19.7 Å². The van der Waals surface area contributed by atoms with E-state index in [0.29, 0.717) is 18.2 Å². The zero-order chi connectivity index (χ0) is 27.6. The molecule has 2 aliphatic rings. The summed E-state index contributed by atoms with van der Waals surface area (Å²) in [4.78, 5) is 12.1. The predicted octanol–water partition coefficient (Wildman–Crippen LogP) is 5.44. The van der Waals surface area contributed by atoms with Crippen LogP contribution in [0.4, 0.5) is 0 Å². The van der Waals surface area contributed by atoms with Gasteiger partial charge >= 0.3 is 5.97 Å². The SMILES string of the molecule is C[C@H](Oc1cccc(-c2cccc(-n3ncc(C(=O)O)c3[C@@H]3C[C@H]3c3cn(CCO)nn3)c2)c1)C1CCCCC1. The number of carboxylic acids is 1. The van der Waals surface area contributed by atoms with Gasteiger partial charge in [-0.05, 0) is 67.5 Å². The van der Waals surface area contributed by atoms with E-state index in [1.54, 1.807) is 9.36 Å². The number of hydrogen-bond donors (Lipinski definition) is 2. The van der Waals surface area contributed by atoms with Crippen LogP contribution in [-0.2, 0) is 6.54 Å². The third-order valence-electron chi connectivity index (χ3n) is 8.34. The van der Waals surface area contributed by atoms with Gasteiger partial charge in [-0.2, -0.15) is 5.10 Å². The number of aromatic carboxylic acids is 1. The lowest BCUT2D eigenvalue weighted by atomic mass is 9.86. The Bertz CT molecular complexity index is 1490. The predicted molar refractivity (Wildman–Crippen MR) is 150 cm³/mol. The largest absolute Gasteiger partial charge is 0.490 e. The molecule has 9 heteroatoms. The number of hydrogen-bond acceptors (Lipinski definition) is 6. The minimum Gasteiger partial charge on any atom is -0.490 e. The first kappa shape index (κ1) is 26.3. The third-order valence-corrected chi connectivity index (χ3v) is 8.34. The molecule has 2 aromatic heterocycles. The Morgan fingerprint density at radius 3 is 2.62 bits per heavy atom. The van der Waals surface area contributed by atoms with Crippen LogP contribution in [0.15, 0.2) is 60.9 Å². The maximum Gasteiger partial charge on any atom is 0.339 e. The van der Waals surface area contributed by atoms with E-state index in [1.807, 2.05) is 42.6 Å². The number of benzene rings is 2. The van der Waals surface area contributed by atoms with Crippen molar-refractivity contribution >= 4 is 5.97 Å². The van der Waals surface area contributed by atoms with E-state index in [9.17, 15) is 15.0 Å². The van der Waals surface area contributed by atoms with Gasteiger partial charge in [-0.1, -0.05) is 48.7 Å². The molecule has 0 unspecified atom stereocenters. The molecule has 2 aliphatic carbocycles. The fraction of sp³-hybridized carbons (Fsp3) is 0.419. The number of aliphatic hydroxyl groups excluding tert-OH is 1. The highest BCUT2D eigenvalue weighted by Gasteiger charge is 2.46. The molecule has 0 saturated heterocycles. The van der Waals surface area contributed by atoms with Gasteiger partial charge in [-0.3, -0.25) is 0 Å². The van der Waals surface area contributed by atoms with E-state index in [1.165, 1.54) is 38.3 Å². The summed E-state index contributed by atoms with van der Waals surface area (Å²) >= 11 is 0. The molecule has 3 atom stereocenters. The van der Waals surface area contributed by atoms with Crippen molar-refractivity contribution in [1.82, 2.24) is 24.8 Å². The molecule has 40 heavy (non-hydrogen) atoms. The molecule has 0 aliphatic heterocycles. The van der Waals surface area contributed by atoms with Crippen LogP contribution < -0.4 is 4.74 Å². The molecule has 9 nitrogen and oxygen atoms in total. The fourth-order valence-electron chi connectivity index (χ4n) is 6.08. The number of aliphatic hydroxyl groups is 1. The number of nitrogens with zero attached hydrogens (tertiary/aromatic N) is 5. The lowest BCUT2D eigenvalue weighted by Gasteiger charge is -2.28. The van der Waals surface area contributed by atoms with Crippen molar-refractivity contribution in [2.45, 2.75) is 69.9 Å². The lowest BCUT2D eigenvalue weighted by Crippen LogP contribution is -2.25. The quantitative estimate of drug-likeness (QED) is 0.275. The van der Waals surface area contributed by atoms with E-state index in [-0.39, 0.29) is 30.1 Å². The first-order chi connectivity index (χ1) is 19.5. The summed E-state index contributed by atoms with van der Waals surface area (Å²) in [5.74, 6) is 0.500. The van der Waals surface area contributed by atoms with Gasteiger partial charge < -0.3 is 14.9 Å². The summed E-state index contributed by atoms with van der Waals surface area (Å²) < 4.78 is 9.74. The van der Waals surface area contributed by atoms with E-state index in [0.717, 1.165) is 34.7 Å². The minimum atomic E-state index is -0.996. The zero-order valence-electron chi connectivity index (χ0n) is 22.7. The Balaban J connectivity index is 1.26. The monoisotopic (exact) mass is 541 g/mol. The molecule has 2 N–H and O–H groups in total. The normalized spacial score (nSPS) is 19.9. The van der Waals surface area contributed by atoms with Crippen LogP contribution in [0.1, 0.15) is 79.0 Å². The van der Waals surface area contributed by atoms with Crippen molar-refractivity contribution in [2.75, 3.05) is 6.61 Å². The molecule has 0 bridgehead atoms. The van der Waals surface area contributed by atoms with E-state index in [4.69, 9.17) is 4.74 Å². The zero-order valence-corrected chi connectivity index (χ0v) is 22.7. The number of carbonyl (C=O) groups is 1. The molecule has 2 heterocycles. The van der Waals surface area contributed by atoms with E-state index in [2.05, 4.69) is 34.5 Å². The van der Waals surface area contributed by atoms with Gasteiger partial charge in [-0.15, -0.1) is 5.10 Å². The maximum atomic E-state index is 12.1. The number of rotatable bonds is 10. The Morgan fingerprint density at radius 2 is 1.85 bits per heavy atom. The summed E-state index contributed by atoms with van der Waals surface area (Å²) in [5, 5.41) is 32.0. The lowest BCUT2D eigenvalue weighted by molar-refractivity contribution is 0.0695. The van der Waals surface area contributed by atoms with Crippen LogP contribution in [0.25, 0.3) is 16.8 Å². The van der Waals surface area contributed by atoms with Crippen molar-refractivity contribution in [1.29, 1.82) is 0 Å². The molecule has 0 radical (unpaired) electrons. The molecule has 2 saturated carbocycles. The molecule has 208 valence electrons. The standard InChI is InChI=1S/C31H35N5O4/c1-20(21-7-3-2-4-8-21)40-25-12-6-10-23(16-25)22-9-5-11-24(15-22)36-30(28(18-32-36)31(38)39)27-17-26(27)29-19-35(13-14-37)34-33-29/h5-6,9-12,15-16,18-21,26-27,37H,2-4,7-8,13-14,17H2,1H3,(H,38,39)/t20-,26+,27+/m0/s1. The van der Waals surface area contributed by atoms with Crippen LogP contribution in [0.5, 0.6) is 5.75 Å². The van der Waals surface area contributed by atoms with Gasteiger partial charge in [0.25, 0.3) is 0 Å². The Hall–Kier alpha value is -3.98. The van der Waals surface area contributed by atoms with Gasteiger partial charge in [-0.25, -0.2) is 14.2 Å². The maximum absolute atomic E-state index is 12.1. The van der Waals surface area contributed by atoms with Gasteiger partial charge in [0.15, 0.2) is 0 Å². The average Bonchev–Trinajstić information content (AvgIpc) is 3.39. The molecular formula is C31H35N5O4. The van der Waals surface area contributed by atoms with Crippen LogP contribution >= 0.6 is 0 Å². The topological polar surface area (TPSA) is 115 Å². The van der Waals surface area contributed by atoms with Gasteiger partial charge in [0.05, 0.1) is 42.5 Å². The summed E-state index contributed by atoms with van der Waals surface area (Å²) in [6.07, 6.45) is 10.6. The van der Waals surface area contributed by atoms with Crippen molar-refractivity contribution in [2.24, 2.45) is 5.92 Å². The van der Waals surface area contributed by atoms with Crippen LogP contribution in [0.3, 0.4) is 0 Å². The molecular weight excluding hydrogens is 506 g/mol.